The molecule has 3 heterocycles. The van der Waals surface area contributed by atoms with Crippen molar-refractivity contribution >= 4 is 28.9 Å². The first kappa shape index (κ1) is 15.8. The molecule has 7 heteroatoms. The maximum atomic E-state index is 6.38. The second-order valence-corrected chi connectivity index (χ2v) is 6.97. The van der Waals surface area contributed by atoms with Gasteiger partial charge in [0.15, 0.2) is 5.96 Å². The molecule has 1 unspecified atom stereocenters. The van der Waals surface area contributed by atoms with Crippen molar-refractivity contribution in [2.45, 2.75) is 25.6 Å². The van der Waals surface area contributed by atoms with E-state index in [1.165, 1.54) is 0 Å². The van der Waals surface area contributed by atoms with E-state index >= 15 is 0 Å². The molecule has 0 aromatic carbocycles. The fraction of sp³-hybridized carbons (Fsp3) is 0.533. The lowest BCUT2D eigenvalue weighted by molar-refractivity contribution is 0.0603. The summed E-state index contributed by atoms with van der Waals surface area (Å²) in [6, 6.07) is 2.09. The smallest absolute Gasteiger partial charge is 0.197 e. The molecule has 120 valence electrons. The Bertz CT molecular complexity index is 600. The summed E-state index contributed by atoms with van der Waals surface area (Å²) >= 11 is 8.06. The summed E-state index contributed by atoms with van der Waals surface area (Å²) in [4.78, 5) is 9.91. The summed E-state index contributed by atoms with van der Waals surface area (Å²) in [5.74, 6) is 0.547. The Morgan fingerprint density at radius 3 is 3.05 bits per heavy atom. The molecule has 22 heavy (non-hydrogen) atoms. The molecule has 0 saturated carbocycles. The highest BCUT2D eigenvalue weighted by atomic mass is 35.5. The SMILES string of the molecule is CC1=CC(N2CCCOC[C@H]2c2sccc2Cl)N(C)C(N)=N1. The van der Waals surface area contributed by atoms with Crippen LogP contribution >= 0.6 is 22.9 Å². The molecule has 1 aromatic heterocycles. The van der Waals surface area contributed by atoms with Crippen LogP contribution in [0.4, 0.5) is 0 Å². The maximum Gasteiger partial charge on any atom is 0.197 e. The van der Waals surface area contributed by atoms with E-state index < -0.39 is 0 Å². The van der Waals surface area contributed by atoms with Crippen LogP contribution in [0.25, 0.3) is 0 Å². The fourth-order valence-corrected chi connectivity index (χ4v) is 4.25. The van der Waals surface area contributed by atoms with E-state index in [9.17, 15) is 0 Å². The van der Waals surface area contributed by atoms with Crippen LogP contribution in [0, 0.1) is 0 Å². The van der Waals surface area contributed by atoms with Crippen LogP contribution in [0.3, 0.4) is 0 Å². The standard InChI is InChI=1S/C15H21ClN4OS/c1-10-8-13(19(2)15(17)18-10)20-5-3-6-21-9-12(20)14-11(16)4-7-22-14/h4,7-8,12-13H,3,5-6,9H2,1-2H3,(H2,17,18)/t12-,13?/m0/s1. The predicted molar refractivity (Wildman–Crippen MR) is 91.1 cm³/mol. The Hall–Kier alpha value is -1.08. The molecular formula is C15H21ClN4OS. The van der Waals surface area contributed by atoms with Gasteiger partial charge >= 0.3 is 0 Å². The lowest BCUT2D eigenvalue weighted by Gasteiger charge is -2.41. The Morgan fingerprint density at radius 2 is 2.32 bits per heavy atom. The number of halogens is 1. The number of rotatable bonds is 2. The first-order valence-electron chi connectivity index (χ1n) is 7.39. The van der Waals surface area contributed by atoms with E-state index in [1.54, 1.807) is 11.3 Å². The summed E-state index contributed by atoms with van der Waals surface area (Å²) in [6.07, 6.45) is 3.21. The zero-order valence-corrected chi connectivity index (χ0v) is 14.4. The average Bonchev–Trinajstić information content (AvgIpc) is 2.76. The summed E-state index contributed by atoms with van der Waals surface area (Å²) in [5.41, 5.74) is 7.00. The molecule has 0 aliphatic carbocycles. The highest BCUT2D eigenvalue weighted by molar-refractivity contribution is 7.10. The van der Waals surface area contributed by atoms with Crippen molar-refractivity contribution < 1.29 is 4.74 Å². The Labute approximate surface area is 140 Å². The third-order valence-corrected chi connectivity index (χ3v) is 5.57. The number of aliphatic imine (C=N–C) groups is 1. The molecular weight excluding hydrogens is 320 g/mol. The lowest BCUT2D eigenvalue weighted by Crippen LogP contribution is -2.53. The van der Waals surface area contributed by atoms with Crippen LogP contribution in [0.2, 0.25) is 5.02 Å². The molecule has 1 aromatic rings. The number of thiophene rings is 1. The maximum absolute atomic E-state index is 6.38. The van der Waals surface area contributed by atoms with Crippen LogP contribution in [0.1, 0.15) is 24.3 Å². The summed E-state index contributed by atoms with van der Waals surface area (Å²) in [7, 11) is 1.98. The molecule has 2 aliphatic rings. The molecule has 2 N–H and O–H groups in total. The van der Waals surface area contributed by atoms with Crippen molar-refractivity contribution in [2.75, 3.05) is 26.8 Å². The van der Waals surface area contributed by atoms with Gasteiger partial charge in [-0.2, -0.15) is 0 Å². The largest absolute Gasteiger partial charge is 0.379 e. The fourth-order valence-electron chi connectivity index (χ4n) is 2.96. The van der Waals surface area contributed by atoms with Gasteiger partial charge in [0, 0.05) is 30.8 Å². The van der Waals surface area contributed by atoms with Gasteiger partial charge in [-0.05, 0) is 30.9 Å². The minimum absolute atomic E-state index is 0.0716. The molecule has 0 radical (unpaired) electrons. The molecule has 1 fully saturated rings. The summed E-state index contributed by atoms with van der Waals surface area (Å²) < 4.78 is 5.80. The van der Waals surface area contributed by atoms with Crippen molar-refractivity contribution in [1.29, 1.82) is 0 Å². The van der Waals surface area contributed by atoms with Crippen molar-refractivity contribution in [1.82, 2.24) is 9.80 Å². The minimum Gasteiger partial charge on any atom is -0.379 e. The second-order valence-electron chi connectivity index (χ2n) is 5.62. The molecule has 0 amide bonds. The molecule has 2 atom stereocenters. The van der Waals surface area contributed by atoms with Crippen molar-refractivity contribution in [3.8, 4) is 0 Å². The quantitative estimate of drug-likeness (QED) is 0.899. The van der Waals surface area contributed by atoms with Crippen LogP contribution in [0.15, 0.2) is 28.2 Å². The van der Waals surface area contributed by atoms with Gasteiger partial charge in [0.05, 0.1) is 17.7 Å². The highest BCUT2D eigenvalue weighted by Crippen LogP contribution is 2.36. The van der Waals surface area contributed by atoms with E-state index in [0.29, 0.717) is 12.6 Å². The molecule has 0 spiro atoms. The third-order valence-electron chi connectivity index (χ3n) is 4.11. The normalized spacial score (nSPS) is 27.3. The Morgan fingerprint density at radius 1 is 1.50 bits per heavy atom. The lowest BCUT2D eigenvalue weighted by atomic mass is 10.1. The van der Waals surface area contributed by atoms with Gasteiger partial charge in [-0.25, -0.2) is 4.99 Å². The molecule has 0 bridgehead atoms. The minimum atomic E-state index is 0.0716. The van der Waals surface area contributed by atoms with E-state index in [1.807, 2.05) is 30.3 Å². The topological polar surface area (TPSA) is 54.1 Å². The van der Waals surface area contributed by atoms with Gasteiger partial charge in [-0.3, -0.25) is 4.90 Å². The number of ether oxygens (including phenoxy) is 1. The number of likely N-dealkylation sites (N-methyl/N-ethyl adjacent to an activating group) is 1. The van der Waals surface area contributed by atoms with Gasteiger partial charge < -0.3 is 15.4 Å². The van der Waals surface area contributed by atoms with Gasteiger partial charge in [0.2, 0.25) is 0 Å². The second kappa shape index (κ2) is 6.58. The third kappa shape index (κ3) is 3.01. The number of guanidine groups is 1. The number of nitrogens with two attached hydrogens (primary N) is 1. The highest BCUT2D eigenvalue weighted by Gasteiger charge is 2.34. The molecule has 1 saturated heterocycles. The van der Waals surface area contributed by atoms with E-state index in [2.05, 4.69) is 16.0 Å². The average molecular weight is 341 g/mol. The summed E-state index contributed by atoms with van der Waals surface area (Å²) in [5, 5.41) is 2.84. The zero-order chi connectivity index (χ0) is 15.7. The van der Waals surface area contributed by atoms with Crippen molar-refractivity contribution in [3.05, 3.63) is 33.1 Å². The van der Waals surface area contributed by atoms with Crippen molar-refractivity contribution in [3.63, 3.8) is 0 Å². The van der Waals surface area contributed by atoms with Gasteiger partial charge in [0.1, 0.15) is 6.17 Å². The monoisotopic (exact) mass is 340 g/mol. The van der Waals surface area contributed by atoms with Crippen molar-refractivity contribution in [2.24, 2.45) is 10.7 Å². The first-order valence-corrected chi connectivity index (χ1v) is 8.65. The van der Waals surface area contributed by atoms with E-state index in [-0.39, 0.29) is 12.2 Å². The number of nitrogens with zero attached hydrogens (tertiary/aromatic N) is 3. The van der Waals surface area contributed by atoms with Gasteiger partial charge in [0.25, 0.3) is 0 Å². The summed E-state index contributed by atoms with van der Waals surface area (Å²) in [6.45, 7) is 4.34. The van der Waals surface area contributed by atoms with Crippen LogP contribution in [-0.2, 0) is 4.74 Å². The Kier molecular flexibility index (Phi) is 4.73. The van der Waals surface area contributed by atoms with E-state index in [4.69, 9.17) is 22.1 Å². The molecule has 2 aliphatic heterocycles. The van der Waals surface area contributed by atoms with Crippen LogP contribution in [0.5, 0.6) is 0 Å². The van der Waals surface area contributed by atoms with Gasteiger partial charge in [-0.15, -0.1) is 11.3 Å². The van der Waals surface area contributed by atoms with E-state index in [0.717, 1.165) is 35.2 Å². The molecule has 5 nitrogen and oxygen atoms in total. The zero-order valence-electron chi connectivity index (χ0n) is 12.8. The Balaban J connectivity index is 1.94. The number of allylic oxidation sites excluding steroid dienone is 1. The van der Waals surface area contributed by atoms with Crippen LogP contribution in [-0.4, -0.2) is 48.7 Å². The first-order chi connectivity index (χ1) is 10.6. The molecule has 3 rings (SSSR count). The number of hydrogen-bond donors (Lipinski definition) is 1. The number of hydrogen-bond acceptors (Lipinski definition) is 6. The van der Waals surface area contributed by atoms with Crippen LogP contribution < -0.4 is 5.73 Å². The van der Waals surface area contributed by atoms with Gasteiger partial charge in [-0.1, -0.05) is 11.6 Å². The predicted octanol–water partition coefficient (Wildman–Crippen LogP) is 2.65.